The largest absolute Gasteiger partial charge is 0.344 e. The molecule has 0 fully saturated rings. The van der Waals surface area contributed by atoms with Crippen molar-refractivity contribution in [3.8, 4) is 0 Å². The minimum absolute atomic E-state index is 0.165. The highest BCUT2D eigenvalue weighted by atomic mass is 35.5. The molecule has 8 nitrogen and oxygen atoms in total. The van der Waals surface area contributed by atoms with Crippen LogP contribution in [0.1, 0.15) is 42.0 Å². The number of halogens is 2. The zero-order valence-corrected chi connectivity index (χ0v) is 20.2. The summed E-state index contributed by atoms with van der Waals surface area (Å²) in [5.74, 6) is -0.269. The maximum atomic E-state index is 13.4. The van der Waals surface area contributed by atoms with E-state index in [-0.39, 0.29) is 21.8 Å². The first-order chi connectivity index (χ1) is 16.2. The van der Waals surface area contributed by atoms with Gasteiger partial charge in [0.2, 0.25) is 11.7 Å². The Morgan fingerprint density at radius 3 is 2.62 bits per heavy atom. The van der Waals surface area contributed by atoms with E-state index in [9.17, 15) is 9.59 Å². The number of aromatic nitrogens is 4. The molecule has 4 aromatic rings. The molecule has 1 aromatic carbocycles. The van der Waals surface area contributed by atoms with Crippen LogP contribution in [0.25, 0.3) is 5.78 Å². The van der Waals surface area contributed by atoms with Crippen LogP contribution < -0.4 is 10.6 Å². The second-order valence-electron chi connectivity index (χ2n) is 8.46. The van der Waals surface area contributed by atoms with Gasteiger partial charge in [-0.15, -0.1) is 0 Å². The van der Waals surface area contributed by atoms with Crippen LogP contribution in [0.4, 0.5) is 0 Å². The van der Waals surface area contributed by atoms with Gasteiger partial charge >= 0.3 is 0 Å². The lowest BCUT2D eigenvalue weighted by Gasteiger charge is -2.27. The Labute approximate surface area is 206 Å². The van der Waals surface area contributed by atoms with E-state index in [1.54, 1.807) is 16.7 Å². The third kappa shape index (κ3) is 5.40. The first kappa shape index (κ1) is 23.8. The highest BCUT2D eigenvalue weighted by Crippen LogP contribution is 2.22. The number of amides is 2. The molecular weight excluding hydrogens is 475 g/mol. The lowest BCUT2D eigenvalue weighted by Crippen LogP contribution is -2.52. The average Bonchev–Trinajstić information content (AvgIpc) is 3.40. The summed E-state index contributed by atoms with van der Waals surface area (Å²) >= 11 is 11.9. The number of rotatable bonds is 8. The summed E-state index contributed by atoms with van der Waals surface area (Å²) in [6.45, 7) is 3.71. The van der Waals surface area contributed by atoms with Gasteiger partial charge in [0.05, 0.1) is 16.3 Å². The molecule has 176 valence electrons. The van der Waals surface area contributed by atoms with Crippen LogP contribution in [-0.4, -0.2) is 37.2 Å². The zero-order chi connectivity index (χ0) is 24.3. The molecule has 34 heavy (non-hydrogen) atoms. The number of fused-ring (bicyclic) bond motifs is 1. The van der Waals surface area contributed by atoms with Gasteiger partial charge in [0.15, 0.2) is 0 Å². The molecule has 0 saturated carbocycles. The normalized spacial score (nSPS) is 12.5. The Hall–Kier alpha value is -3.36. The number of carbonyl (C=O) groups excluding carboxylic acids is 2. The molecular formula is C24H24Cl2N6O2. The topological polar surface area (TPSA) is 104 Å². The number of aromatic amines is 1. The van der Waals surface area contributed by atoms with E-state index in [1.807, 2.05) is 56.6 Å². The Bertz CT molecular complexity index is 1260. The summed E-state index contributed by atoms with van der Waals surface area (Å²) in [6.07, 6.45) is 6.32. The van der Waals surface area contributed by atoms with Crippen LogP contribution in [0.2, 0.25) is 10.2 Å². The van der Waals surface area contributed by atoms with E-state index >= 15 is 0 Å². The zero-order valence-electron chi connectivity index (χ0n) is 18.7. The molecule has 0 radical (unpaired) electrons. The summed E-state index contributed by atoms with van der Waals surface area (Å²) in [6, 6.07) is 12.2. The summed E-state index contributed by atoms with van der Waals surface area (Å²) < 4.78 is 1.79. The maximum Gasteiger partial charge on any atom is 0.268 e. The number of carbonyl (C=O) groups is 2. The monoisotopic (exact) mass is 498 g/mol. The van der Waals surface area contributed by atoms with E-state index < -0.39 is 17.5 Å². The standard InChI is InChI=1S/C24H24Cl2N6O2/c1-24(2,19-14-32-12-6-11-27-23(32)30-19)31-22(34)17(10-9-15-7-4-3-5-8-15)29-21(33)18-13-16(25)20(26)28-18/h3-8,11-14,17,28H,9-10H2,1-2H3,(H,29,33)(H,31,34)/t17-/m0/s1. The fraction of sp³-hybridized carbons (Fsp3) is 0.250. The summed E-state index contributed by atoms with van der Waals surface area (Å²) in [4.78, 5) is 37.7. The lowest BCUT2D eigenvalue weighted by atomic mass is 9.99. The van der Waals surface area contributed by atoms with Gasteiger partial charge in [-0.05, 0) is 44.4 Å². The average molecular weight is 499 g/mol. The Morgan fingerprint density at radius 2 is 1.94 bits per heavy atom. The van der Waals surface area contributed by atoms with Crippen molar-refractivity contribution in [2.75, 3.05) is 0 Å². The van der Waals surface area contributed by atoms with Crippen molar-refractivity contribution in [2.24, 2.45) is 0 Å². The molecule has 0 aliphatic carbocycles. The van der Waals surface area contributed by atoms with Crippen molar-refractivity contribution in [3.63, 3.8) is 0 Å². The summed E-state index contributed by atoms with van der Waals surface area (Å²) in [7, 11) is 0. The van der Waals surface area contributed by atoms with E-state index in [0.717, 1.165) is 5.56 Å². The van der Waals surface area contributed by atoms with Crippen LogP contribution in [0.5, 0.6) is 0 Å². The number of imidazole rings is 1. The molecule has 3 N–H and O–H groups in total. The molecule has 0 unspecified atom stereocenters. The van der Waals surface area contributed by atoms with Crippen LogP contribution in [0, 0.1) is 0 Å². The highest BCUT2D eigenvalue weighted by Gasteiger charge is 2.31. The van der Waals surface area contributed by atoms with Crippen molar-refractivity contribution in [1.82, 2.24) is 30.0 Å². The van der Waals surface area contributed by atoms with Crippen LogP contribution in [-0.2, 0) is 16.8 Å². The number of aryl methyl sites for hydroxylation is 1. The Kier molecular flexibility index (Phi) is 6.90. The SMILES string of the molecule is CC(C)(NC(=O)[C@H](CCc1ccccc1)NC(=O)c1cc(Cl)c(Cl)[nH]1)c1cn2cccnc2n1. The second kappa shape index (κ2) is 9.87. The highest BCUT2D eigenvalue weighted by molar-refractivity contribution is 6.41. The van der Waals surface area contributed by atoms with Crippen LogP contribution >= 0.6 is 23.2 Å². The number of nitrogens with zero attached hydrogens (tertiary/aromatic N) is 3. The third-order valence-corrected chi connectivity index (χ3v) is 6.16. The number of hydrogen-bond acceptors (Lipinski definition) is 4. The molecule has 0 saturated heterocycles. The minimum Gasteiger partial charge on any atom is -0.344 e. The first-order valence-electron chi connectivity index (χ1n) is 10.7. The predicted molar refractivity (Wildman–Crippen MR) is 131 cm³/mol. The molecule has 3 aromatic heterocycles. The third-order valence-electron chi connectivity index (χ3n) is 5.47. The van der Waals surface area contributed by atoms with Gasteiger partial charge in [0, 0.05) is 18.6 Å². The number of nitrogens with one attached hydrogen (secondary N) is 3. The Balaban J connectivity index is 1.53. The molecule has 1 atom stereocenters. The lowest BCUT2D eigenvalue weighted by molar-refractivity contribution is -0.124. The molecule has 2 amide bonds. The molecule has 10 heteroatoms. The van der Waals surface area contributed by atoms with E-state index in [0.29, 0.717) is 24.3 Å². The van der Waals surface area contributed by atoms with Crippen molar-refractivity contribution >= 4 is 40.8 Å². The van der Waals surface area contributed by atoms with E-state index in [2.05, 4.69) is 25.6 Å². The van der Waals surface area contributed by atoms with Gasteiger partial charge < -0.3 is 15.6 Å². The van der Waals surface area contributed by atoms with Gasteiger partial charge in [-0.25, -0.2) is 9.97 Å². The van der Waals surface area contributed by atoms with Crippen molar-refractivity contribution in [2.45, 2.75) is 38.3 Å². The van der Waals surface area contributed by atoms with Gasteiger partial charge in [0.1, 0.15) is 16.9 Å². The summed E-state index contributed by atoms with van der Waals surface area (Å²) in [5.41, 5.74) is 1.08. The van der Waals surface area contributed by atoms with Crippen LogP contribution in [0.3, 0.4) is 0 Å². The number of hydrogen-bond donors (Lipinski definition) is 3. The van der Waals surface area contributed by atoms with Crippen molar-refractivity contribution in [1.29, 1.82) is 0 Å². The second-order valence-corrected chi connectivity index (χ2v) is 9.25. The van der Waals surface area contributed by atoms with Crippen molar-refractivity contribution in [3.05, 3.63) is 88.2 Å². The van der Waals surface area contributed by atoms with Gasteiger partial charge in [0.25, 0.3) is 5.91 Å². The number of benzene rings is 1. The van der Waals surface area contributed by atoms with Gasteiger partial charge in [-0.3, -0.25) is 14.0 Å². The fourth-order valence-electron chi connectivity index (χ4n) is 3.58. The predicted octanol–water partition coefficient (Wildman–Crippen LogP) is 4.15. The fourth-order valence-corrected chi connectivity index (χ4v) is 3.89. The van der Waals surface area contributed by atoms with Crippen molar-refractivity contribution < 1.29 is 9.59 Å². The molecule has 0 aliphatic rings. The first-order valence-corrected chi connectivity index (χ1v) is 11.5. The van der Waals surface area contributed by atoms with Crippen LogP contribution in [0.15, 0.2) is 61.1 Å². The van der Waals surface area contributed by atoms with Gasteiger partial charge in [-0.1, -0.05) is 53.5 Å². The molecule has 4 rings (SSSR count). The quantitative estimate of drug-likeness (QED) is 0.339. The molecule has 0 bridgehead atoms. The Morgan fingerprint density at radius 1 is 1.18 bits per heavy atom. The number of H-pyrrole nitrogens is 1. The van der Waals surface area contributed by atoms with Gasteiger partial charge in [-0.2, -0.15) is 0 Å². The molecule has 0 aliphatic heterocycles. The molecule has 0 spiro atoms. The minimum atomic E-state index is -0.806. The van der Waals surface area contributed by atoms with E-state index in [4.69, 9.17) is 23.2 Å². The molecule has 3 heterocycles. The smallest absolute Gasteiger partial charge is 0.268 e. The summed E-state index contributed by atoms with van der Waals surface area (Å²) in [5, 5.41) is 6.23. The van der Waals surface area contributed by atoms with E-state index in [1.165, 1.54) is 6.07 Å². The maximum absolute atomic E-state index is 13.4.